The lowest BCUT2D eigenvalue weighted by Gasteiger charge is -2.15. The van der Waals surface area contributed by atoms with Crippen LogP contribution in [0.15, 0.2) is 52.7 Å². The van der Waals surface area contributed by atoms with E-state index in [4.69, 9.17) is 23.2 Å². The molecule has 1 aliphatic rings. The van der Waals surface area contributed by atoms with E-state index in [1.165, 1.54) is 0 Å². The van der Waals surface area contributed by atoms with Gasteiger partial charge in [-0.3, -0.25) is 0 Å². The third kappa shape index (κ3) is 3.18. The third-order valence-corrected chi connectivity index (χ3v) is 3.46. The molecule has 0 aromatic heterocycles. The fraction of sp³-hybridized carbons (Fsp3) is 0.200. The Kier molecular flexibility index (Phi) is 4.51. The van der Waals surface area contributed by atoms with Gasteiger partial charge in [0.2, 0.25) is 0 Å². The first-order valence-corrected chi connectivity index (χ1v) is 6.69. The summed E-state index contributed by atoms with van der Waals surface area (Å²) in [6.45, 7) is 1.92. The van der Waals surface area contributed by atoms with Crippen molar-refractivity contribution in [1.29, 1.82) is 0 Å². The number of rotatable bonds is 3. The summed E-state index contributed by atoms with van der Waals surface area (Å²) in [7, 11) is 0. The van der Waals surface area contributed by atoms with Crippen LogP contribution in [-0.2, 0) is 0 Å². The van der Waals surface area contributed by atoms with Crippen LogP contribution in [0.25, 0.3) is 5.57 Å². The van der Waals surface area contributed by atoms with E-state index >= 15 is 0 Å². The number of nitrogens with one attached hydrogen (secondary N) is 1. The molecule has 0 amide bonds. The van der Waals surface area contributed by atoms with Crippen molar-refractivity contribution in [3.8, 4) is 0 Å². The van der Waals surface area contributed by atoms with Gasteiger partial charge in [-0.15, -0.1) is 0 Å². The monoisotopic (exact) mass is 279 g/mol. The van der Waals surface area contributed by atoms with Gasteiger partial charge in [0, 0.05) is 16.9 Å². The van der Waals surface area contributed by atoms with Gasteiger partial charge in [0.1, 0.15) is 4.49 Å². The molecule has 0 aliphatic heterocycles. The molecule has 94 valence electrons. The van der Waals surface area contributed by atoms with Crippen LogP contribution in [-0.4, -0.2) is 0 Å². The average Bonchev–Trinajstić information content (AvgIpc) is 2.39. The Labute approximate surface area is 118 Å². The Morgan fingerprint density at radius 1 is 1.17 bits per heavy atom. The Balaban J connectivity index is 2.31. The summed E-state index contributed by atoms with van der Waals surface area (Å²) in [5.74, 6) is 0. The number of halogens is 2. The van der Waals surface area contributed by atoms with Crippen LogP contribution in [0, 0.1) is 0 Å². The number of allylic oxidation sites excluding steroid dienone is 4. The topological polar surface area (TPSA) is 12.0 Å². The van der Waals surface area contributed by atoms with Crippen LogP contribution in [0.3, 0.4) is 0 Å². The molecule has 1 N–H and O–H groups in total. The highest BCUT2D eigenvalue weighted by molar-refractivity contribution is 6.58. The number of hydrogen-bond acceptors (Lipinski definition) is 1. The number of para-hydroxylation sites is 1. The summed E-state index contributed by atoms with van der Waals surface area (Å²) < 4.78 is 0.303. The summed E-state index contributed by atoms with van der Waals surface area (Å²) in [5, 5.41) is 3.41. The Bertz CT molecular complexity index is 523. The van der Waals surface area contributed by atoms with Crippen molar-refractivity contribution in [2.45, 2.75) is 19.8 Å². The molecule has 18 heavy (non-hydrogen) atoms. The van der Waals surface area contributed by atoms with Crippen molar-refractivity contribution in [1.82, 2.24) is 0 Å². The summed E-state index contributed by atoms with van der Waals surface area (Å²) in [6.07, 6.45) is 8.65. The van der Waals surface area contributed by atoms with Gasteiger partial charge in [-0.2, -0.15) is 0 Å². The maximum Gasteiger partial charge on any atom is 0.110 e. The van der Waals surface area contributed by atoms with Gasteiger partial charge in [-0.25, -0.2) is 0 Å². The van der Waals surface area contributed by atoms with Crippen molar-refractivity contribution in [2.75, 3.05) is 5.32 Å². The number of benzene rings is 1. The van der Waals surface area contributed by atoms with E-state index < -0.39 is 0 Å². The standard InChI is InChI=1S/C15H15Cl2N/c1-11(15(16)17)13-9-5-6-10-14(13)18-12-7-3-2-4-8-12/h3,5-10,18H,2,4H2,1H3. The van der Waals surface area contributed by atoms with Gasteiger partial charge in [0.25, 0.3) is 0 Å². The third-order valence-electron chi connectivity index (χ3n) is 2.89. The molecule has 1 aromatic rings. The van der Waals surface area contributed by atoms with Gasteiger partial charge in [0.05, 0.1) is 0 Å². The second kappa shape index (κ2) is 6.12. The van der Waals surface area contributed by atoms with Crippen LogP contribution in [0.2, 0.25) is 0 Å². The smallest absolute Gasteiger partial charge is 0.110 e. The van der Waals surface area contributed by atoms with Gasteiger partial charge < -0.3 is 5.32 Å². The molecule has 0 heterocycles. The molecular weight excluding hydrogens is 265 g/mol. The lowest BCUT2D eigenvalue weighted by molar-refractivity contribution is 1.02. The van der Waals surface area contributed by atoms with Crippen LogP contribution in [0.5, 0.6) is 0 Å². The molecule has 1 aromatic carbocycles. The maximum absolute atomic E-state index is 5.87. The molecular formula is C15H15Cl2N. The highest BCUT2D eigenvalue weighted by atomic mass is 35.5. The van der Waals surface area contributed by atoms with E-state index in [0.29, 0.717) is 4.49 Å². The van der Waals surface area contributed by atoms with Crippen molar-refractivity contribution in [3.63, 3.8) is 0 Å². The Morgan fingerprint density at radius 3 is 2.61 bits per heavy atom. The van der Waals surface area contributed by atoms with Crippen molar-refractivity contribution >= 4 is 34.5 Å². The van der Waals surface area contributed by atoms with Crippen LogP contribution < -0.4 is 5.32 Å². The molecule has 0 fully saturated rings. The van der Waals surface area contributed by atoms with Gasteiger partial charge in [-0.1, -0.05) is 53.6 Å². The fourth-order valence-electron chi connectivity index (χ4n) is 1.88. The quantitative estimate of drug-likeness (QED) is 0.771. The van der Waals surface area contributed by atoms with Crippen molar-refractivity contribution in [2.24, 2.45) is 0 Å². The molecule has 0 bridgehead atoms. The maximum atomic E-state index is 5.87. The molecule has 0 spiro atoms. The van der Waals surface area contributed by atoms with Crippen molar-refractivity contribution < 1.29 is 0 Å². The number of anilines is 1. The molecule has 1 nitrogen and oxygen atoms in total. The molecule has 0 unspecified atom stereocenters. The molecule has 0 saturated heterocycles. The zero-order valence-electron chi connectivity index (χ0n) is 10.2. The molecule has 3 heteroatoms. The fourth-order valence-corrected chi connectivity index (χ4v) is 2.09. The molecule has 2 rings (SSSR count). The summed E-state index contributed by atoms with van der Waals surface area (Å²) >= 11 is 11.7. The predicted octanol–water partition coefficient (Wildman–Crippen LogP) is 5.50. The zero-order chi connectivity index (χ0) is 13.0. The first kappa shape index (κ1) is 13.3. The minimum Gasteiger partial charge on any atom is -0.355 e. The minimum absolute atomic E-state index is 0.303. The van der Waals surface area contributed by atoms with E-state index in [1.54, 1.807) is 0 Å². The average molecular weight is 280 g/mol. The molecule has 0 atom stereocenters. The Hall–Kier alpha value is -1.18. The molecule has 0 radical (unpaired) electrons. The lowest BCUT2D eigenvalue weighted by atomic mass is 10.1. The van der Waals surface area contributed by atoms with E-state index in [9.17, 15) is 0 Å². The van der Waals surface area contributed by atoms with Gasteiger partial charge in [-0.05, 0) is 37.5 Å². The predicted molar refractivity (Wildman–Crippen MR) is 80.8 cm³/mol. The first-order chi connectivity index (χ1) is 8.68. The SMILES string of the molecule is CC(=C(Cl)Cl)c1ccccc1NC1=CCCC=C1. The van der Waals surface area contributed by atoms with E-state index in [0.717, 1.165) is 35.4 Å². The largest absolute Gasteiger partial charge is 0.355 e. The second-order valence-corrected chi connectivity index (χ2v) is 5.14. The summed E-state index contributed by atoms with van der Waals surface area (Å²) in [6, 6.07) is 8.01. The first-order valence-electron chi connectivity index (χ1n) is 5.93. The highest BCUT2D eigenvalue weighted by Crippen LogP contribution is 2.30. The zero-order valence-corrected chi connectivity index (χ0v) is 11.7. The van der Waals surface area contributed by atoms with Crippen LogP contribution in [0.4, 0.5) is 5.69 Å². The van der Waals surface area contributed by atoms with E-state index in [-0.39, 0.29) is 0 Å². The van der Waals surface area contributed by atoms with Gasteiger partial charge >= 0.3 is 0 Å². The van der Waals surface area contributed by atoms with Crippen LogP contribution in [0.1, 0.15) is 25.3 Å². The Morgan fingerprint density at radius 2 is 1.94 bits per heavy atom. The lowest BCUT2D eigenvalue weighted by Crippen LogP contribution is -2.01. The van der Waals surface area contributed by atoms with E-state index in [1.807, 2.05) is 31.2 Å². The summed E-state index contributed by atoms with van der Waals surface area (Å²) in [4.78, 5) is 0. The highest BCUT2D eigenvalue weighted by Gasteiger charge is 2.07. The summed E-state index contributed by atoms with van der Waals surface area (Å²) in [5.41, 5.74) is 4.04. The molecule has 0 saturated carbocycles. The van der Waals surface area contributed by atoms with Crippen molar-refractivity contribution in [3.05, 3.63) is 58.2 Å². The number of hydrogen-bond donors (Lipinski definition) is 1. The van der Waals surface area contributed by atoms with E-state index in [2.05, 4.69) is 23.5 Å². The van der Waals surface area contributed by atoms with Crippen LogP contribution >= 0.6 is 23.2 Å². The van der Waals surface area contributed by atoms with Gasteiger partial charge in [0.15, 0.2) is 0 Å². The minimum atomic E-state index is 0.303. The normalized spacial score (nSPS) is 14.1. The second-order valence-electron chi connectivity index (χ2n) is 4.20. The molecule has 1 aliphatic carbocycles.